The van der Waals surface area contributed by atoms with Crippen molar-refractivity contribution in [2.45, 2.75) is 64.5 Å². The van der Waals surface area contributed by atoms with Gasteiger partial charge in [-0.1, -0.05) is 13.3 Å². The molecule has 0 amide bonds. The van der Waals surface area contributed by atoms with Crippen LogP contribution in [-0.4, -0.2) is 36.1 Å². The van der Waals surface area contributed by atoms with Gasteiger partial charge in [-0.3, -0.25) is 4.90 Å². The third-order valence-corrected chi connectivity index (χ3v) is 4.68. The molecule has 0 spiro atoms. The molecular formula is C17H30N2O. The van der Waals surface area contributed by atoms with Gasteiger partial charge in [0, 0.05) is 11.6 Å². The zero-order chi connectivity index (χ0) is 14.4. The van der Waals surface area contributed by atoms with E-state index in [-0.39, 0.29) is 5.54 Å². The Kier molecular flexibility index (Phi) is 5.67. The highest BCUT2D eigenvalue weighted by atomic mass is 16.3. The maximum atomic E-state index is 5.24. The SMILES string of the molecule is CCCNC(Cc1ccoc1)C(C)(C)N1CCCCC1. The van der Waals surface area contributed by atoms with E-state index in [1.54, 1.807) is 6.26 Å². The Morgan fingerprint density at radius 1 is 1.30 bits per heavy atom. The Hall–Kier alpha value is -0.800. The number of furan rings is 1. The van der Waals surface area contributed by atoms with E-state index in [1.807, 2.05) is 6.26 Å². The van der Waals surface area contributed by atoms with E-state index in [4.69, 9.17) is 4.42 Å². The van der Waals surface area contributed by atoms with Gasteiger partial charge >= 0.3 is 0 Å². The van der Waals surface area contributed by atoms with Gasteiger partial charge in [-0.05, 0) is 70.8 Å². The average Bonchev–Trinajstić information content (AvgIpc) is 2.97. The Morgan fingerprint density at radius 2 is 2.05 bits per heavy atom. The van der Waals surface area contributed by atoms with Crippen molar-refractivity contribution < 1.29 is 4.42 Å². The first-order chi connectivity index (χ1) is 9.64. The molecule has 2 heterocycles. The number of hydrogen-bond donors (Lipinski definition) is 1. The average molecular weight is 278 g/mol. The first kappa shape index (κ1) is 15.6. The predicted molar refractivity (Wildman–Crippen MR) is 84.0 cm³/mol. The molecule has 3 nitrogen and oxygen atoms in total. The number of nitrogens with zero attached hydrogens (tertiary/aromatic N) is 1. The van der Waals surface area contributed by atoms with Gasteiger partial charge in [-0.25, -0.2) is 0 Å². The molecule has 1 atom stereocenters. The Labute approximate surface area is 123 Å². The molecule has 20 heavy (non-hydrogen) atoms. The molecule has 1 fully saturated rings. The lowest BCUT2D eigenvalue weighted by atomic mass is 9.86. The fraction of sp³-hybridized carbons (Fsp3) is 0.765. The third-order valence-electron chi connectivity index (χ3n) is 4.68. The van der Waals surface area contributed by atoms with Crippen molar-refractivity contribution >= 4 is 0 Å². The van der Waals surface area contributed by atoms with E-state index in [1.165, 1.54) is 44.3 Å². The first-order valence-electron chi connectivity index (χ1n) is 8.14. The molecule has 1 aliphatic heterocycles. The summed E-state index contributed by atoms with van der Waals surface area (Å²) in [5, 5.41) is 3.76. The summed E-state index contributed by atoms with van der Waals surface area (Å²) >= 11 is 0. The van der Waals surface area contributed by atoms with Crippen LogP contribution in [0.3, 0.4) is 0 Å². The summed E-state index contributed by atoms with van der Waals surface area (Å²) in [6, 6.07) is 2.56. The van der Waals surface area contributed by atoms with Gasteiger partial charge in [-0.15, -0.1) is 0 Å². The first-order valence-corrected chi connectivity index (χ1v) is 8.14. The number of rotatable bonds is 7. The second-order valence-corrected chi connectivity index (χ2v) is 6.54. The van der Waals surface area contributed by atoms with Gasteiger partial charge in [0.05, 0.1) is 12.5 Å². The number of nitrogens with one attached hydrogen (secondary N) is 1. The van der Waals surface area contributed by atoms with Crippen LogP contribution in [0.15, 0.2) is 23.0 Å². The van der Waals surface area contributed by atoms with Crippen LogP contribution in [0.5, 0.6) is 0 Å². The molecule has 1 aliphatic rings. The van der Waals surface area contributed by atoms with Gasteiger partial charge in [0.1, 0.15) is 0 Å². The predicted octanol–water partition coefficient (Wildman–Crippen LogP) is 3.45. The lowest BCUT2D eigenvalue weighted by molar-refractivity contribution is 0.0610. The van der Waals surface area contributed by atoms with Gasteiger partial charge in [0.2, 0.25) is 0 Å². The van der Waals surface area contributed by atoms with E-state index >= 15 is 0 Å². The highest BCUT2D eigenvalue weighted by molar-refractivity contribution is 5.11. The number of piperidine rings is 1. The molecule has 1 unspecified atom stereocenters. The lowest BCUT2D eigenvalue weighted by Gasteiger charge is -2.46. The van der Waals surface area contributed by atoms with Crippen molar-refractivity contribution in [2.75, 3.05) is 19.6 Å². The maximum absolute atomic E-state index is 5.24. The molecule has 0 aromatic carbocycles. The summed E-state index contributed by atoms with van der Waals surface area (Å²) < 4.78 is 5.24. The summed E-state index contributed by atoms with van der Waals surface area (Å²) in [6.45, 7) is 10.6. The highest BCUT2D eigenvalue weighted by Crippen LogP contribution is 2.26. The van der Waals surface area contributed by atoms with E-state index in [0.717, 1.165) is 13.0 Å². The van der Waals surface area contributed by atoms with Crippen LogP contribution in [0.25, 0.3) is 0 Å². The highest BCUT2D eigenvalue weighted by Gasteiger charge is 2.35. The van der Waals surface area contributed by atoms with Crippen molar-refractivity contribution in [2.24, 2.45) is 0 Å². The molecule has 2 rings (SSSR count). The topological polar surface area (TPSA) is 28.4 Å². The molecule has 1 aromatic heterocycles. The molecule has 0 radical (unpaired) electrons. The van der Waals surface area contributed by atoms with Crippen LogP contribution < -0.4 is 5.32 Å². The smallest absolute Gasteiger partial charge is 0.0935 e. The van der Waals surface area contributed by atoms with Crippen LogP contribution in [0.1, 0.15) is 52.0 Å². The Bertz CT molecular complexity index is 366. The van der Waals surface area contributed by atoms with E-state index in [0.29, 0.717) is 6.04 Å². The molecule has 1 N–H and O–H groups in total. The second-order valence-electron chi connectivity index (χ2n) is 6.54. The molecule has 1 saturated heterocycles. The minimum atomic E-state index is 0.187. The number of hydrogen-bond acceptors (Lipinski definition) is 3. The van der Waals surface area contributed by atoms with E-state index in [2.05, 4.69) is 37.1 Å². The molecule has 0 aliphatic carbocycles. The monoisotopic (exact) mass is 278 g/mol. The molecule has 0 saturated carbocycles. The van der Waals surface area contributed by atoms with Crippen LogP contribution in [-0.2, 0) is 6.42 Å². The lowest BCUT2D eigenvalue weighted by Crippen LogP contribution is -2.59. The van der Waals surface area contributed by atoms with Crippen LogP contribution in [0, 0.1) is 0 Å². The maximum Gasteiger partial charge on any atom is 0.0935 e. The summed E-state index contributed by atoms with van der Waals surface area (Å²) in [4.78, 5) is 2.67. The van der Waals surface area contributed by atoms with Crippen molar-refractivity contribution in [1.29, 1.82) is 0 Å². The molecule has 0 bridgehead atoms. The Morgan fingerprint density at radius 3 is 2.65 bits per heavy atom. The van der Waals surface area contributed by atoms with E-state index in [9.17, 15) is 0 Å². The molecular weight excluding hydrogens is 248 g/mol. The largest absolute Gasteiger partial charge is 0.472 e. The molecule has 3 heteroatoms. The summed E-state index contributed by atoms with van der Waals surface area (Å²) in [6.07, 6.45) is 9.96. The fourth-order valence-corrected chi connectivity index (χ4v) is 3.23. The van der Waals surface area contributed by atoms with Crippen molar-refractivity contribution in [3.05, 3.63) is 24.2 Å². The van der Waals surface area contributed by atoms with Crippen molar-refractivity contribution in [3.63, 3.8) is 0 Å². The normalized spacial score (nSPS) is 19.1. The summed E-state index contributed by atoms with van der Waals surface area (Å²) in [5.41, 5.74) is 1.48. The van der Waals surface area contributed by atoms with Crippen LogP contribution in [0.2, 0.25) is 0 Å². The molecule has 114 valence electrons. The van der Waals surface area contributed by atoms with Gasteiger partial charge in [-0.2, -0.15) is 0 Å². The molecule has 1 aromatic rings. The van der Waals surface area contributed by atoms with Gasteiger partial charge in [0.25, 0.3) is 0 Å². The van der Waals surface area contributed by atoms with Crippen LogP contribution in [0.4, 0.5) is 0 Å². The third kappa shape index (κ3) is 3.86. The number of likely N-dealkylation sites (tertiary alicyclic amines) is 1. The Balaban J connectivity index is 2.06. The quantitative estimate of drug-likeness (QED) is 0.828. The standard InChI is InChI=1S/C17H30N2O/c1-4-9-18-16(13-15-8-12-20-14-15)17(2,3)19-10-6-5-7-11-19/h8,12,14,16,18H,4-7,9-11,13H2,1-3H3. The van der Waals surface area contributed by atoms with Gasteiger partial charge in [0.15, 0.2) is 0 Å². The zero-order valence-electron chi connectivity index (χ0n) is 13.3. The van der Waals surface area contributed by atoms with Crippen molar-refractivity contribution in [1.82, 2.24) is 10.2 Å². The minimum Gasteiger partial charge on any atom is -0.472 e. The zero-order valence-corrected chi connectivity index (χ0v) is 13.3. The van der Waals surface area contributed by atoms with Crippen molar-refractivity contribution in [3.8, 4) is 0 Å². The van der Waals surface area contributed by atoms with Crippen LogP contribution >= 0.6 is 0 Å². The fourth-order valence-electron chi connectivity index (χ4n) is 3.23. The summed E-state index contributed by atoms with van der Waals surface area (Å²) in [7, 11) is 0. The van der Waals surface area contributed by atoms with Gasteiger partial charge < -0.3 is 9.73 Å². The second kappa shape index (κ2) is 7.28. The summed E-state index contributed by atoms with van der Waals surface area (Å²) in [5.74, 6) is 0. The minimum absolute atomic E-state index is 0.187. The van der Waals surface area contributed by atoms with E-state index < -0.39 is 0 Å².